The summed E-state index contributed by atoms with van der Waals surface area (Å²) in [5.74, 6) is -1.59. The number of hydrogen-bond donors (Lipinski definition) is 0. The lowest BCUT2D eigenvalue weighted by molar-refractivity contribution is -0.152. The number of piperidine rings is 1. The number of carbonyl (C=O) groups is 1. The van der Waals surface area contributed by atoms with Gasteiger partial charge in [-0.2, -0.15) is 0 Å². The number of likely N-dealkylation sites (tertiary alicyclic amines) is 1. The highest BCUT2D eigenvalue weighted by Gasteiger charge is 2.43. The average molecular weight is 256 g/mol. The molecule has 1 fully saturated rings. The summed E-state index contributed by atoms with van der Waals surface area (Å²) < 4.78 is 75.4. The maximum Gasteiger partial charge on any atom is 0.316 e. The fourth-order valence-corrected chi connectivity index (χ4v) is 1.90. The predicted octanol–water partition coefficient (Wildman–Crippen LogP) is 2.21. The molecule has 1 aliphatic heterocycles. The molecule has 0 aliphatic carbocycles. The number of rotatable bonds is 3. The smallest absolute Gasteiger partial charge is 0.316 e. The van der Waals surface area contributed by atoms with E-state index in [1.807, 2.05) is 0 Å². The molecule has 1 aliphatic rings. The molecular formula is C15H21NO2. The number of benzene rings is 1. The van der Waals surface area contributed by atoms with Gasteiger partial charge >= 0.3 is 5.97 Å². The van der Waals surface area contributed by atoms with E-state index in [-0.39, 0.29) is 18.7 Å². The lowest BCUT2D eigenvalue weighted by Crippen LogP contribution is -2.47. The minimum Gasteiger partial charge on any atom is -0.465 e. The predicted molar refractivity (Wildman–Crippen MR) is 71.5 cm³/mol. The Labute approximate surface area is 121 Å². The molecule has 0 N–H and O–H groups in total. The molecule has 1 aromatic carbocycles. The van der Waals surface area contributed by atoms with E-state index in [0.29, 0.717) is 0 Å². The van der Waals surface area contributed by atoms with Crippen LogP contribution in [0.25, 0.3) is 0 Å². The zero-order valence-corrected chi connectivity index (χ0v) is 10.1. The first kappa shape index (κ1) is 5.74. The summed E-state index contributed by atoms with van der Waals surface area (Å²) in [7, 11) is 1.50. The first-order valence-corrected chi connectivity index (χ1v) is 5.56. The van der Waals surface area contributed by atoms with Crippen LogP contribution in [0.4, 0.5) is 0 Å². The summed E-state index contributed by atoms with van der Waals surface area (Å²) in [5, 5.41) is 0. The minimum atomic E-state index is -3.40. The summed E-state index contributed by atoms with van der Waals surface area (Å²) in [4.78, 5) is 14.5. The summed E-state index contributed by atoms with van der Waals surface area (Å²) in [6.07, 6.45) is -5.01. The standard InChI is InChI=1S/C15H21NO2/c1-3-18-14(17)15(9-11-16(2)12-10-15)13-7-5-4-6-8-13/h4-8H,3,9-12H2,1-2H3/i1D3,3D2,9D2,10D2. The lowest BCUT2D eigenvalue weighted by Gasteiger charge is -2.38. The molecule has 3 heteroatoms. The highest BCUT2D eigenvalue weighted by Crippen LogP contribution is 2.36. The molecule has 1 heterocycles. The highest BCUT2D eigenvalue weighted by atomic mass is 16.5. The van der Waals surface area contributed by atoms with Crippen LogP contribution < -0.4 is 0 Å². The van der Waals surface area contributed by atoms with Crippen molar-refractivity contribution < 1.29 is 21.9 Å². The van der Waals surface area contributed by atoms with Crippen molar-refractivity contribution in [3.05, 3.63) is 35.9 Å². The topological polar surface area (TPSA) is 29.5 Å². The van der Waals surface area contributed by atoms with E-state index >= 15 is 0 Å². The number of hydrogen-bond acceptors (Lipinski definition) is 3. The molecule has 0 unspecified atom stereocenters. The molecule has 0 radical (unpaired) electrons. The Hall–Kier alpha value is -1.35. The molecule has 2 rings (SSSR count). The third kappa shape index (κ3) is 2.41. The van der Waals surface area contributed by atoms with Crippen LogP contribution in [-0.4, -0.2) is 37.6 Å². The van der Waals surface area contributed by atoms with Crippen LogP contribution in [0, 0.1) is 0 Å². The lowest BCUT2D eigenvalue weighted by atomic mass is 9.73. The molecule has 0 aromatic heterocycles. The third-order valence-electron chi connectivity index (χ3n) is 2.88. The van der Waals surface area contributed by atoms with Gasteiger partial charge in [-0.15, -0.1) is 0 Å². The van der Waals surface area contributed by atoms with Crippen molar-refractivity contribution in [3.8, 4) is 0 Å². The Morgan fingerprint density at radius 3 is 2.78 bits per heavy atom. The summed E-state index contributed by atoms with van der Waals surface area (Å²) in [6.45, 7) is -7.37. The number of ether oxygens (including phenoxy) is 1. The van der Waals surface area contributed by atoms with Gasteiger partial charge in [-0.3, -0.25) is 4.79 Å². The Balaban J connectivity index is 2.71. The van der Waals surface area contributed by atoms with E-state index < -0.39 is 37.5 Å². The molecule has 98 valence electrons. The van der Waals surface area contributed by atoms with Crippen molar-refractivity contribution in [3.63, 3.8) is 0 Å². The van der Waals surface area contributed by atoms with Crippen LogP contribution in [0.15, 0.2) is 30.3 Å². The second-order valence-electron chi connectivity index (χ2n) is 4.13. The fourth-order valence-electron chi connectivity index (χ4n) is 1.90. The van der Waals surface area contributed by atoms with Crippen LogP contribution in [0.2, 0.25) is 0 Å². The van der Waals surface area contributed by atoms with Gasteiger partial charge in [-0.05, 0) is 45.3 Å². The number of esters is 1. The van der Waals surface area contributed by atoms with Crippen molar-refractivity contribution in [2.24, 2.45) is 0 Å². The molecule has 3 nitrogen and oxygen atoms in total. The minimum absolute atomic E-state index is 0.0422. The van der Waals surface area contributed by atoms with Gasteiger partial charge in [-0.25, -0.2) is 0 Å². The Bertz CT molecular complexity index is 685. The van der Waals surface area contributed by atoms with Crippen molar-refractivity contribution in [1.82, 2.24) is 4.90 Å². The molecular weight excluding hydrogens is 226 g/mol. The van der Waals surface area contributed by atoms with Gasteiger partial charge in [0.15, 0.2) is 0 Å². The first-order chi connectivity index (χ1) is 12.1. The van der Waals surface area contributed by atoms with E-state index in [0.717, 1.165) is 0 Å². The molecule has 1 saturated heterocycles. The zero-order valence-electron chi connectivity index (χ0n) is 19.1. The van der Waals surface area contributed by atoms with Crippen LogP contribution in [0.1, 0.15) is 37.5 Å². The largest absolute Gasteiger partial charge is 0.465 e. The molecule has 18 heavy (non-hydrogen) atoms. The molecule has 0 spiro atoms. The maximum absolute atomic E-state index is 13.1. The number of nitrogens with zero attached hydrogens (tertiary/aromatic N) is 1. The zero-order chi connectivity index (χ0) is 20.9. The van der Waals surface area contributed by atoms with Crippen molar-refractivity contribution >= 4 is 5.97 Å². The van der Waals surface area contributed by atoms with Gasteiger partial charge < -0.3 is 9.64 Å². The Morgan fingerprint density at radius 2 is 2.17 bits per heavy atom. The molecule has 0 amide bonds. The second-order valence-corrected chi connectivity index (χ2v) is 4.13. The van der Waals surface area contributed by atoms with Crippen molar-refractivity contribution in [2.75, 3.05) is 26.7 Å². The molecule has 0 bridgehead atoms. The SMILES string of the molecule is [2H]C([2H])([2H])C([2H])([2H])OC(=O)C1(c2ccccc2)C([2H])([2H])CN(C)CC1([2H])[2H]. The molecule has 0 atom stereocenters. The Kier molecular flexibility index (Phi) is 1.76. The monoisotopic (exact) mass is 256 g/mol. The van der Waals surface area contributed by atoms with E-state index in [1.54, 1.807) is 6.07 Å². The summed E-state index contributed by atoms with van der Waals surface area (Å²) >= 11 is 0. The maximum atomic E-state index is 13.1. The van der Waals surface area contributed by atoms with Crippen molar-refractivity contribution in [2.45, 2.75) is 25.0 Å². The second kappa shape index (κ2) is 5.53. The average Bonchev–Trinajstić information content (AvgIpc) is 2.43. The molecule has 0 saturated carbocycles. The van der Waals surface area contributed by atoms with E-state index in [9.17, 15) is 4.79 Å². The van der Waals surface area contributed by atoms with Crippen LogP contribution in [0.5, 0.6) is 0 Å². The normalized spacial score (nSPS) is 33.9. The van der Waals surface area contributed by atoms with Gasteiger partial charge in [0.1, 0.15) is 0 Å². The van der Waals surface area contributed by atoms with E-state index in [2.05, 4.69) is 4.74 Å². The van der Waals surface area contributed by atoms with Gasteiger partial charge in [-0.1, -0.05) is 30.3 Å². The quantitative estimate of drug-likeness (QED) is 0.777. The molecule has 1 aromatic rings. The van der Waals surface area contributed by atoms with Crippen LogP contribution in [-0.2, 0) is 14.9 Å². The highest BCUT2D eigenvalue weighted by molar-refractivity contribution is 5.83. The van der Waals surface area contributed by atoms with Gasteiger partial charge in [0, 0.05) is 9.60 Å². The van der Waals surface area contributed by atoms with Crippen molar-refractivity contribution in [1.29, 1.82) is 0 Å². The van der Waals surface area contributed by atoms with Gasteiger partial charge in [0.25, 0.3) is 0 Å². The summed E-state index contributed by atoms with van der Waals surface area (Å²) in [6, 6.07) is 7.30. The van der Waals surface area contributed by atoms with E-state index in [4.69, 9.17) is 12.3 Å². The fraction of sp³-hybridized carbons (Fsp3) is 0.533. The van der Waals surface area contributed by atoms with Crippen LogP contribution >= 0.6 is 0 Å². The number of carbonyl (C=O) groups excluding carboxylic acids is 1. The first-order valence-electron chi connectivity index (χ1n) is 10.1. The summed E-state index contributed by atoms with van der Waals surface area (Å²) in [5.41, 5.74) is -2.59. The van der Waals surface area contributed by atoms with E-state index in [1.165, 1.54) is 36.2 Å². The van der Waals surface area contributed by atoms with Gasteiger partial charge in [0.05, 0.1) is 14.7 Å². The van der Waals surface area contributed by atoms with Crippen LogP contribution in [0.3, 0.4) is 0 Å². The third-order valence-corrected chi connectivity index (χ3v) is 2.88. The van der Waals surface area contributed by atoms with Gasteiger partial charge in [0.2, 0.25) is 0 Å². The Morgan fingerprint density at radius 1 is 1.50 bits per heavy atom.